The zero-order valence-corrected chi connectivity index (χ0v) is 14.8. The highest BCUT2D eigenvalue weighted by molar-refractivity contribution is 5.89. The average Bonchev–Trinajstić information content (AvgIpc) is 2.57. The molecule has 1 atom stereocenters. The van der Waals surface area contributed by atoms with Gasteiger partial charge in [0.15, 0.2) is 6.61 Å². The Kier molecular flexibility index (Phi) is 7.82. The molecule has 0 fully saturated rings. The number of amides is 1. The van der Waals surface area contributed by atoms with Crippen LogP contribution < -0.4 is 14.8 Å². The fourth-order valence-corrected chi connectivity index (χ4v) is 1.76. The van der Waals surface area contributed by atoms with Gasteiger partial charge in [-0.2, -0.15) is 0 Å². The predicted molar refractivity (Wildman–Crippen MR) is 92.0 cm³/mol. The van der Waals surface area contributed by atoms with Gasteiger partial charge in [-0.15, -0.1) is 0 Å². The molecule has 1 aromatic rings. The molecule has 0 saturated heterocycles. The molecule has 6 heteroatoms. The molecule has 1 amide bonds. The van der Waals surface area contributed by atoms with E-state index in [0.29, 0.717) is 23.0 Å². The number of hydrogen-bond donors (Lipinski definition) is 1. The lowest BCUT2D eigenvalue weighted by molar-refractivity contribution is -0.144. The van der Waals surface area contributed by atoms with Crippen molar-refractivity contribution in [2.24, 2.45) is 5.92 Å². The first-order valence-corrected chi connectivity index (χ1v) is 7.73. The molecule has 0 spiro atoms. The van der Waals surface area contributed by atoms with Crippen molar-refractivity contribution >= 4 is 18.0 Å². The molecule has 0 heterocycles. The van der Waals surface area contributed by atoms with Gasteiger partial charge >= 0.3 is 5.97 Å². The molecule has 0 aliphatic rings. The topological polar surface area (TPSA) is 73.9 Å². The molecular formula is C18H25NO5. The number of hydrogen-bond acceptors (Lipinski definition) is 5. The molecule has 24 heavy (non-hydrogen) atoms. The quantitative estimate of drug-likeness (QED) is 0.583. The third-order valence-corrected chi connectivity index (χ3v) is 3.57. The maximum atomic E-state index is 11.7. The fraction of sp³-hybridized carbons (Fsp3) is 0.444. The van der Waals surface area contributed by atoms with E-state index >= 15 is 0 Å². The van der Waals surface area contributed by atoms with Crippen LogP contribution in [0.25, 0.3) is 6.08 Å². The number of carbonyl (C=O) groups excluding carboxylic acids is 2. The maximum absolute atomic E-state index is 11.7. The summed E-state index contributed by atoms with van der Waals surface area (Å²) >= 11 is 0. The number of ether oxygens (including phenoxy) is 3. The number of nitrogens with one attached hydrogen (secondary N) is 1. The number of rotatable bonds is 8. The summed E-state index contributed by atoms with van der Waals surface area (Å²) in [6, 6.07) is 5.26. The van der Waals surface area contributed by atoms with E-state index < -0.39 is 5.97 Å². The summed E-state index contributed by atoms with van der Waals surface area (Å²) in [4.78, 5) is 23.4. The van der Waals surface area contributed by atoms with Gasteiger partial charge < -0.3 is 19.5 Å². The highest BCUT2D eigenvalue weighted by atomic mass is 16.5. The van der Waals surface area contributed by atoms with Gasteiger partial charge in [0.2, 0.25) is 0 Å². The Labute approximate surface area is 142 Å². The maximum Gasteiger partial charge on any atom is 0.331 e. The zero-order chi connectivity index (χ0) is 18.1. The van der Waals surface area contributed by atoms with E-state index in [9.17, 15) is 9.59 Å². The highest BCUT2D eigenvalue weighted by Gasteiger charge is 2.12. The first kappa shape index (κ1) is 19.5. The van der Waals surface area contributed by atoms with Crippen LogP contribution >= 0.6 is 0 Å². The van der Waals surface area contributed by atoms with Gasteiger partial charge in [0.05, 0.1) is 14.2 Å². The summed E-state index contributed by atoms with van der Waals surface area (Å²) in [7, 11) is 3.09. The van der Waals surface area contributed by atoms with Crippen molar-refractivity contribution < 1.29 is 23.8 Å². The van der Waals surface area contributed by atoms with E-state index in [1.54, 1.807) is 31.4 Å². The first-order valence-electron chi connectivity index (χ1n) is 7.73. The minimum absolute atomic E-state index is 0.0234. The van der Waals surface area contributed by atoms with Crippen molar-refractivity contribution in [2.75, 3.05) is 20.8 Å². The van der Waals surface area contributed by atoms with Gasteiger partial charge in [-0.3, -0.25) is 4.79 Å². The Morgan fingerprint density at radius 3 is 2.46 bits per heavy atom. The minimum Gasteiger partial charge on any atom is -0.497 e. The Balaban J connectivity index is 2.56. The Morgan fingerprint density at radius 1 is 1.17 bits per heavy atom. The Hall–Kier alpha value is -2.50. The summed E-state index contributed by atoms with van der Waals surface area (Å²) in [6.45, 7) is 5.60. The van der Waals surface area contributed by atoms with Gasteiger partial charge in [0.25, 0.3) is 5.91 Å². The van der Waals surface area contributed by atoms with Crippen molar-refractivity contribution in [3.63, 3.8) is 0 Å². The molecule has 0 aliphatic carbocycles. The van der Waals surface area contributed by atoms with Crippen LogP contribution in [0.4, 0.5) is 0 Å². The van der Waals surface area contributed by atoms with E-state index in [0.717, 1.165) is 0 Å². The zero-order valence-electron chi connectivity index (χ0n) is 14.8. The first-order chi connectivity index (χ1) is 11.4. The monoisotopic (exact) mass is 335 g/mol. The largest absolute Gasteiger partial charge is 0.497 e. The summed E-state index contributed by atoms with van der Waals surface area (Å²) in [5, 5.41) is 2.77. The molecule has 1 N–H and O–H groups in total. The molecule has 0 aliphatic heterocycles. The molecule has 0 radical (unpaired) electrons. The van der Waals surface area contributed by atoms with Crippen molar-refractivity contribution in [3.05, 3.63) is 29.8 Å². The molecule has 0 bridgehead atoms. The molecule has 0 aromatic heterocycles. The third-order valence-electron chi connectivity index (χ3n) is 3.57. The number of methoxy groups -OCH3 is 2. The van der Waals surface area contributed by atoms with E-state index in [1.165, 1.54) is 13.2 Å². The lowest BCUT2D eigenvalue weighted by Crippen LogP contribution is -2.38. The number of carbonyl (C=O) groups is 2. The van der Waals surface area contributed by atoms with Crippen molar-refractivity contribution in [1.82, 2.24) is 5.32 Å². The van der Waals surface area contributed by atoms with Gasteiger partial charge in [-0.05, 0) is 31.1 Å². The van der Waals surface area contributed by atoms with E-state index in [4.69, 9.17) is 14.2 Å². The SMILES string of the molecule is COc1ccc(/C=C/C(=O)OCC(=O)N[C@H](C)C(C)C)c(OC)c1. The van der Waals surface area contributed by atoms with E-state index in [-0.39, 0.29) is 18.6 Å². The Morgan fingerprint density at radius 2 is 1.88 bits per heavy atom. The smallest absolute Gasteiger partial charge is 0.331 e. The van der Waals surface area contributed by atoms with Crippen molar-refractivity contribution in [1.29, 1.82) is 0 Å². The fourth-order valence-electron chi connectivity index (χ4n) is 1.76. The van der Waals surface area contributed by atoms with Crippen LogP contribution in [-0.4, -0.2) is 38.7 Å². The number of esters is 1. The van der Waals surface area contributed by atoms with Gasteiger partial charge in [0, 0.05) is 23.7 Å². The van der Waals surface area contributed by atoms with Crippen molar-refractivity contribution in [3.8, 4) is 11.5 Å². The predicted octanol–water partition coefficient (Wildman–Crippen LogP) is 2.42. The molecule has 1 aromatic carbocycles. The minimum atomic E-state index is -0.597. The van der Waals surface area contributed by atoms with Crippen LogP contribution in [-0.2, 0) is 14.3 Å². The average molecular weight is 335 g/mol. The third kappa shape index (κ3) is 6.32. The molecular weight excluding hydrogens is 310 g/mol. The molecule has 132 valence electrons. The summed E-state index contributed by atoms with van der Waals surface area (Å²) in [6.07, 6.45) is 2.82. The lowest BCUT2D eigenvalue weighted by atomic mass is 10.1. The van der Waals surface area contributed by atoms with Crippen LogP contribution in [0, 0.1) is 5.92 Å². The van der Waals surface area contributed by atoms with Gasteiger partial charge in [-0.1, -0.05) is 13.8 Å². The molecule has 6 nitrogen and oxygen atoms in total. The summed E-state index contributed by atoms with van der Waals surface area (Å²) < 4.78 is 15.3. The van der Waals surface area contributed by atoms with E-state index in [1.807, 2.05) is 20.8 Å². The normalized spacial score (nSPS) is 12.1. The lowest BCUT2D eigenvalue weighted by Gasteiger charge is -2.17. The molecule has 1 rings (SSSR count). The summed E-state index contributed by atoms with van der Waals surface area (Å²) in [5.41, 5.74) is 0.702. The molecule has 0 saturated carbocycles. The Bertz CT molecular complexity index is 595. The second-order valence-corrected chi connectivity index (χ2v) is 5.65. The number of benzene rings is 1. The highest BCUT2D eigenvalue weighted by Crippen LogP contribution is 2.25. The second kappa shape index (κ2) is 9.60. The molecule has 0 unspecified atom stereocenters. The van der Waals surface area contributed by atoms with Crippen LogP contribution in [0.3, 0.4) is 0 Å². The van der Waals surface area contributed by atoms with Gasteiger partial charge in [-0.25, -0.2) is 4.79 Å². The van der Waals surface area contributed by atoms with Gasteiger partial charge in [0.1, 0.15) is 11.5 Å². The second-order valence-electron chi connectivity index (χ2n) is 5.65. The standard InChI is InChI=1S/C18H25NO5/c1-12(2)13(3)19-17(20)11-24-18(21)9-7-14-6-8-15(22-4)10-16(14)23-5/h6-10,12-13H,11H2,1-5H3,(H,19,20)/b9-7+/t13-/m1/s1. The van der Waals surface area contributed by atoms with Crippen LogP contribution in [0.2, 0.25) is 0 Å². The van der Waals surface area contributed by atoms with Crippen LogP contribution in [0.15, 0.2) is 24.3 Å². The van der Waals surface area contributed by atoms with Crippen molar-refractivity contribution in [2.45, 2.75) is 26.8 Å². The summed E-state index contributed by atoms with van der Waals surface area (Å²) in [5.74, 6) is 0.622. The van der Waals surface area contributed by atoms with Crippen LogP contribution in [0.5, 0.6) is 11.5 Å². The van der Waals surface area contributed by atoms with E-state index in [2.05, 4.69) is 5.32 Å². The van der Waals surface area contributed by atoms with Crippen LogP contribution in [0.1, 0.15) is 26.3 Å².